The fourth-order valence-corrected chi connectivity index (χ4v) is 1.47. The number of ether oxygens (including phenoxy) is 1. The van der Waals surface area contributed by atoms with Crippen molar-refractivity contribution >= 4 is 11.6 Å². The summed E-state index contributed by atoms with van der Waals surface area (Å²) in [4.78, 5) is 0. The van der Waals surface area contributed by atoms with E-state index in [-0.39, 0.29) is 19.3 Å². The van der Waals surface area contributed by atoms with Gasteiger partial charge in [-0.05, 0) is 31.7 Å². The third-order valence-electron chi connectivity index (χ3n) is 2.24. The first-order valence-corrected chi connectivity index (χ1v) is 5.27. The molecule has 15 heavy (non-hydrogen) atoms. The molecule has 1 aromatic rings. The fourth-order valence-electron chi connectivity index (χ4n) is 1.23. The van der Waals surface area contributed by atoms with Crippen LogP contribution in [-0.4, -0.2) is 25.4 Å². The number of halogens is 1. The van der Waals surface area contributed by atoms with Crippen LogP contribution in [0.25, 0.3) is 0 Å². The van der Waals surface area contributed by atoms with Crippen LogP contribution in [0, 0.1) is 0 Å². The third kappa shape index (κ3) is 3.38. The van der Waals surface area contributed by atoms with Gasteiger partial charge in [0.25, 0.3) is 0 Å². The average molecular weight is 230 g/mol. The Morgan fingerprint density at radius 3 is 2.80 bits per heavy atom. The predicted octanol–water partition coefficient (Wildman–Crippen LogP) is 1.99. The molecular formula is C11H16ClNO2. The Balaban J connectivity index is 2.78. The molecule has 0 saturated heterocycles. The molecule has 1 aromatic carbocycles. The summed E-state index contributed by atoms with van der Waals surface area (Å²) in [6.07, 6.45) is 0. The molecule has 0 fully saturated rings. The summed E-state index contributed by atoms with van der Waals surface area (Å²) in [5.74, 6) is 0.609. The molecule has 1 unspecified atom stereocenters. The molecule has 0 aliphatic heterocycles. The van der Waals surface area contributed by atoms with Crippen LogP contribution < -0.4 is 10.1 Å². The van der Waals surface area contributed by atoms with Crippen molar-refractivity contribution in [3.05, 3.63) is 28.8 Å². The largest absolute Gasteiger partial charge is 0.490 e. The smallest absolute Gasteiger partial charge is 0.138 e. The van der Waals surface area contributed by atoms with Gasteiger partial charge in [0.2, 0.25) is 0 Å². The topological polar surface area (TPSA) is 41.5 Å². The maximum Gasteiger partial charge on any atom is 0.138 e. The molecule has 3 nitrogen and oxygen atoms in total. The van der Waals surface area contributed by atoms with E-state index < -0.39 is 0 Å². The molecular weight excluding hydrogens is 214 g/mol. The van der Waals surface area contributed by atoms with E-state index in [2.05, 4.69) is 12.2 Å². The minimum Gasteiger partial charge on any atom is -0.490 e. The van der Waals surface area contributed by atoms with Crippen LogP contribution in [-0.2, 0) is 0 Å². The molecule has 4 heteroatoms. The van der Waals surface area contributed by atoms with E-state index in [0.717, 1.165) is 5.56 Å². The average Bonchev–Trinajstić information content (AvgIpc) is 2.26. The summed E-state index contributed by atoms with van der Waals surface area (Å²) < 4.78 is 5.25. The lowest BCUT2D eigenvalue weighted by Gasteiger charge is -2.13. The molecule has 0 bridgehead atoms. The van der Waals surface area contributed by atoms with Gasteiger partial charge in [0.05, 0.1) is 11.6 Å². The van der Waals surface area contributed by atoms with Crippen LogP contribution in [0.4, 0.5) is 0 Å². The molecule has 1 atom stereocenters. The summed E-state index contributed by atoms with van der Waals surface area (Å²) in [7, 11) is 1.90. The molecule has 1 rings (SSSR count). The second-order valence-electron chi connectivity index (χ2n) is 3.27. The first-order chi connectivity index (χ1) is 7.19. The molecule has 0 aliphatic rings. The van der Waals surface area contributed by atoms with E-state index in [4.69, 9.17) is 21.4 Å². The Bertz CT molecular complexity index is 317. The van der Waals surface area contributed by atoms with Crippen molar-refractivity contribution < 1.29 is 9.84 Å². The summed E-state index contributed by atoms with van der Waals surface area (Å²) in [6.45, 7) is 2.31. The van der Waals surface area contributed by atoms with Crippen LogP contribution >= 0.6 is 11.6 Å². The minimum atomic E-state index is -0.00893. The van der Waals surface area contributed by atoms with Gasteiger partial charge in [0, 0.05) is 6.04 Å². The standard InChI is InChI=1S/C11H16ClNO2/c1-8(13-2)9-3-4-11(10(12)7-9)15-6-5-14/h3-4,7-8,13-14H,5-6H2,1-2H3. The Labute approximate surface area is 95.0 Å². The van der Waals surface area contributed by atoms with E-state index in [0.29, 0.717) is 10.8 Å². The van der Waals surface area contributed by atoms with Crippen LogP contribution in [0.5, 0.6) is 5.75 Å². The Hall–Kier alpha value is -0.770. The molecule has 0 spiro atoms. The Kier molecular flexibility index (Phi) is 4.88. The maximum atomic E-state index is 8.62. The van der Waals surface area contributed by atoms with Crippen LogP contribution in [0.1, 0.15) is 18.5 Å². The van der Waals surface area contributed by atoms with E-state index in [1.54, 1.807) is 0 Å². The number of nitrogens with one attached hydrogen (secondary N) is 1. The molecule has 2 N–H and O–H groups in total. The quantitative estimate of drug-likeness (QED) is 0.812. The van der Waals surface area contributed by atoms with Gasteiger partial charge < -0.3 is 15.2 Å². The molecule has 0 aliphatic carbocycles. The van der Waals surface area contributed by atoms with Crippen LogP contribution in [0.15, 0.2) is 18.2 Å². The Morgan fingerprint density at radius 1 is 1.53 bits per heavy atom. The minimum absolute atomic E-state index is 0.00893. The highest BCUT2D eigenvalue weighted by Gasteiger charge is 2.06. The summed E-state index contributed by atoms with van der Waals surface area (Å²) in [6, 6.07) is 5.91. The van der Waals surface area contributed by atoms with Gasteiger partial charge in [0.1, 0.15) is 12.4 Å². The Morgan fingerprint density at radius 2 is 2.27 bits per heavy atom. The second kappa shape index (κ2) is 5.95. The summed E-state index contributed by atoms with van der Waals surface area (Å²) in [5, 5.41) is 12.3. The number of rotatable bonds is 5. The first kappa shape index (κ1) is 12.3. The third-order valence-corrected chi connectivity index (χ3v) is 2.53. The van der Waals surface area contributed by atoms with Gasteiger partial charge in [-0.3, -0.25) is 0 Å². The predicted molar refractivity (Wildman–Crippen MR) is 61.5 cm³/mol. The van der Waals surface area contributed by atoms with E-state index >= 15 is 0 Å². The van der Waals surface area contributed by atoms with Crippen LogP contribution in [0.2, 0.25) is 5.02 Å². The van der Waals surface area contributed by atoms with Crippen molar-refractivity contribution in [3.8, 4) is 5.75 Å². The highest BCUT2D eigenvalue weighted by molar-refractivity contribution is 6.32. The van der Waals surface area contributed by atoms with E-state index in [1.165, 1.54) is 0 Å². The number of aliphatic hydroxyl groups excluding tert-OH is 1. The van der Waals surface area contributed by atoms with Gasteiger partial charge in [-0.25, -0.2) is 0 Å². The lowest BCUT2D eigenvalue weighted by Crippen LogP contribution is -2.12. The number of hydrogen-bond donors (Lipinski definition) is 2. The van der Waals surface area contributed by atoms with Crippen molar-refractivity contribution in [3.63, 3.8) is 0 Å². The van der Waals surface area contributed by atoms with E-state index in [9.17, 15) is 0 Å². The SMILES string of the molecule is CNC(C)c1ccc(OCCO)c(Cl)c1. The van der Waals surface area contributed by atoms with Crippen molar-refractivity contribution in [1.82, 2.24) is 5.32 Å². The molecule has 0 heterocycles. The first-order valence-electron chi connectivity index (χ1n) is 4.89. The number of aliphatic hydroxyl groups is 1. The summed E-state index contributed by atoms with van der Waals surface area (Å²) in [5.41, 5.74) is 1.11. The molecule has 0 aromatic heterocycles. The highest BCUT2D eigenvalue weighted by Crippen LogP contribution is 2.27. The molecule has 0 radical (unpaired) electrons. The van der Waals surface area contributed by atoms with Gasteiger partial charge in [-0.2, -0.15) is 0 Å². The molecule has 0 saturated carbocycles. The van der Waals surface area contributed by atoms with E-state index in [1.807, 2.05) is 25.2 Å². The summed E-state index contributed by atoms with van der Waals surface area (Å²) >= 11 is 6.03. The number of hydrogen-bond acceptors (Lipinski definition) is 3. The van der Waals surface area contributed by atoms with Gasteiger partial charge >= 0.3 is 0 Å². The molecule has 84 valence electrons. The maximum absolute atomic E-state index is 8.62. The normalized spacial score (nSPS) is 12.5. The van der Waals surface area contributed by atoms with Crippen molar-refractivity contribution in [2.75, 3.05) is 20.3 Å². The van der Waals surface area contributed by atoms with Crippen LogP contribution in [0.3, 0.4) is 0 Å². The zero-order valence-electron chi connectivity index (χ0n) is 8.96. The zero-order valence-corrected chi connectivity index (χ0v) is 9.71. The molecule has 0 amide bonds. The van der Waals surface area contributed by atoms with Crippen molar-refractivity contribution in [2.24, 2.45) is 0 Å². The van der Waals surface area contributed by atoms with Crippen molar-refractivity contribution in [2.45, 2.75) is 13.0 Å². The fraction of sp³-hybridized carbons (Fsp3) is 0.455. The van der Waals surface area contributed by atoms with Gasteiger partial charge in [-0.15, -0.1) is 0 Å². The second-order valence-corrected chi connectivity index (χ2v) is 3.68. The monoisotopic (exact) mass is 229 g/mol. The van der Waals surface area contributed by atoms with Crippen molar-refractivity contribution in [1.29, 1.82) is 0 Å². The highest BCUT2D eigenvalue weighted by atomic mass is 35.5. The number of benzene rings is 1. The lowest BCUT2D eigenvalue weighted by atomic mass is 10.1. The van der Waals surface area contributed by atoms with Gasteiger partial charge in [-0.1, -0.05) is 17.7 Å². The lowest BCUT2D eigenvalue weighted by molar-refractivity contribution is 0.201. The zero-order chi connectivity index (χ0) is 11.3. The van der Waals surface area contributed by atoms with Gasteiger partial charge in [0.15, 0.2) is 0 Å².